The largest absolute Gasteiger partial charge is 0.385 e. The van der Waals surface area contributed by atoms with Crippen molar-refractivity contribution in [1.29, 1.82) is 0 Å². The smallest absolute Gasteiger partial charge is 0.243 e. The van der Waals surface area contributed by atoms with Crippen LogP contribution in [-0.2, 0) is 21.3 Å². The Kier molecular flexibility index (Phi) is 6.80. The average molecular weight is 355 g/mol. The lowest BCUT2D eigenvalue weighted by Crippen LogP contribution is -2.43. The molecule has 24 heavy (non-hydrogen) atoms. The lowest BCUT2D eigenvalue weighted by atomic mass is 9.85. The van der Waals surface area contributed by atoms with Gasteiger partial charge >= 0.3 is 0 Å². The van der Waals surface area contributed by atoms with Gasteiger partial charge in [-0.2, -0.15) is 4.31 Å². The van der Waals surface area contributed by atoms with E-state index in [4.69, 9.17) is 4.74 Å². The van der Waals surface area contributed by atoms with Crippen molar-refractivity contribution >= 4 is 10.0 Å². The van der Waals surface area contributed by atoms with Crippen LogP contribution in [0.1, 0.15) is 38.7 Å². The fraction of sp³-hybridized carbons (Fsp3) is 0.667. The molecule has 1 N–H and O–H groups in total. The predicted octanol–water partition coefficient (Wildman–Crippen LogP) is 2.62. The van der Waals surface area contributed by atoms with Crippen LogP contribution in [-0.4, -0.2) is 46.1 Å². The monoisotopic (exact) mass is 354 g/mol. The van der Waals surface area contributed by atoms with E-state index < -0.39 is 10.0 Å². The number of hydrogen-bond donors (Lipinski definition) is 1. The zero-order valence-corrected chi connectivity index (χ0v) is 15.9. The fourth-order valence-corrected chi connectivity index (χ4v) is 4.85. The third-order valence-electron chi connectivity index (χ3n) is 4.43. The Balaban J connectivity index is 2.03. The summed E-state index contributed by atoms with van der Waals surface area (Å²) in [6.07, 6.45) is 2.94. The van der Waals surface area contributed by atoms with Crippen LogP contribution in [0.4, 0.5) is 0 Å². The van der Waals surface area contributed by atoms with E-state index >= 15 is 0 Å². The van der Waals surface area contributed by atoms with Crippen molar-refractivity contribution < 1.29 is 13.2 Å². The van der Waals surface area contributed by atoms with Crippen molar-refractivity contribution in [2.24, 2.45) is 5.41 Å². The second-order valence-electron chi connectivity index (χ2n) is 7.28. The summed E-state index contributed by atoms with van der Waals surface area (Å²) in [5, 5.41) is 3.32. The molecule has 2 rings (SSSR count). The van der Waals surface area contributed by atoms with Crippen LogP contribution in [0.15, 0.2) is 29.2 Å². The van der Waals surface area contributed by atoms with E-state index in [0.29, 0.717) is 24.5 Å². The number of sulfonamides is 1. The molecule has 1 aromatic rings. The van der Waals surface area contributed by atoms with Crippen LogP contribution in [0.5, 0.6) is 0 Å². The molecule has 0 amide bonds. The average Bonchev–Trinajstić information content (AvgIpc) is 2.54. The molecular weight excluding hydrogens is 324 g/mol. The summed E-state index contributed by atoms with van der Waals surface area (Å²) in [5.41, 5.74) is 1.04. The van der Waals surface area contributed by atoms with Gasteiger partial charge in [-0.25, -0.2) is 8.42 Å². The first-order valence-corrected chi connectivity index (χ1v) is 10.1. The van der Waals surface area contributed by atoms with Crippen LogP contribution in [0.2, 0.25) is 0 Å². The topological polar surface area (TPSA) is 58.6 Å². The maximum absolute atomic E-state index is 12.9. The van der Waals surface area contributed by atoms with E-state index in [1.54, 1.807) is 23.5 Å². The predicted molar refractivity (Wildman–Crippen MR) is 96.4 cm³/mol. The van der Waals surface area contributed by atoms with E-state index in [-0.39, 0.29) is 5.41 Å². The molecule has 0 bridgehead atoms. The Morgan fingerprint density at radius 2 is 2.12 bits per heavy atom. The summed E-state index contributed by atoms with van der Waals surface area (Å²) in [7, 11) is -1.72. The molecule has 0 saturated carbocycles. The Hall–Kier alpha value is -0.950. The van der Waals surface area contributed by atoms with Gasteiger partial charge < -0.3 is 10.1 Å². The van der Waals surface area contributed by atoms with Gasteiger partial charge in [0.25, 0.3) is 0 Å². The lowest BCUT2D eigenvalue weighted by Gasteiger charge is -2.37. The van der Waals surface area contributed by atoms with Gasteiger partial charge in [0.1, 0.15) is 0 Å². The number of piperidine rings is 1. The van der Waals surface area contributed by atoms with E-state index in [2.05, 4.69) is 19.2 Å². The van der Waals surface area contributed by atoms with Crippen molar-refractivity contribution in [3.05, 3.63) is 29.8 Å². The van der Waals surface area contributed by atoms with Gasteiger partial charge in [0.05, 0.1) is 4.90 Å². The summed E-state index contributed by atoms with van der Waals surface area (Å²) in [4.78, 5) is 0.399. The van der Waals surface area contributed by atoms with Gasteiger partial charge in [-0.15, -0.1) is 0 Å². The number of methoxy groups -OCH3 is 1. The maximum Gasteiger partial charge on any atom is 0.243 e. The Morgan fingerprint density at radius 3 is 2.83 bits per heavy atom. The molecule has 1 aliphatic heterocycles. The van der Waals surface area contributed by atoms with Crippen LogP contribution in [0.25, 0.3) is 0 Å². The van der Waals surface area contributed by atoms with Crippen LogP contribution < -0.4 is 5.32 Å². The molecule has 0 aromatic heterocycles. The first-order valence-electron chi connectivity index (χ1n) is 8.64. The van der Waals surface area contributed by atoms with E-state index in [9.17, 15) is 8.42 Å². The third kappa shape index (κ3) is 5.28. The number of rotatable bonds is 8. The highest BCUT2D eigenvalue weighted by Gasteiger charge is 2.34. The zero-order chi connectivity index (χ0) is 17.6. The highest BCUT2D eigenvalue weighted by molar-refractivity contribution is 7.89. The molecule has 6 heteroatoms. The van der Waals surface area contributed by atoms with Crippen molar-refractivity contribution in [2.75, 3.05) is 33.4 Å². The molecule has 0 atom stereocenters. The second kappa shape index (κ2) is 8.43. The van der Waals surface area contributed by atoms with Crippen LogP contribution >= 0.6 is 0 Å². The minimum absolute atomic E-state index is 0.0475. The molecular formula is C18H30N2O3S. The summed E-state index contributed by atoms with van der Waals surface area (Å²) in [6, 6.07) is 7.28. The van der Waals surface area contributed by atoms with Crippen molar-refractivity contribution in [3.8, 4) is 0 Å². The lowest BCUT2D eigenvalue weighted by molar-refractivity contribution is 0.187. The van der Waals surface area contributed by atoms with Gasteiger partial charge in [0.2, 0.25) is 10.0 Å². The molecule has 1 aliphatic rings. The van der Waals surface area contributed by atoms with Gasteiger partial charge in [-0.05, 0) is 48.9 Å². The molecule has 1 heterocycles. The molecule has 0 radical (unpaired) electrons. The fourth-order valence-electron chi connectivity index (χ4n) is 3.11. The van der Waals surface area contributed by atoms with Gasteiger partial charge in [0.15, 0.2) is 0 Å². The summed E-state index contributed by atoms with van der Waals surface area (Å²) in [5.74, 6) is 0. The number of nitrogens with zero attached hydrogens (tertiary/aromatic N) is 1. The normalized spacial score (nSPS) is 18.6. The molecule has 0 spiro atoms. The van der Waals surface area contributed by atoms with Crippen molar-refractivity contribution in [2.45, 2.75) is 44.6 Å². The Labute approximate surface area is 146 Å². The third-order valence-corrected chi connectivity index (χ3v) is 6.27. The molecule has 1 saturated heterocycles. The zero-order valence-electron chi connectivity index (χ0n) is 15.0. The minimum Gasteiger partial charge on any atom is -0.385 e. The van der Waals surface area contributed by atoms with Crippen LogP contribution in [0, 0.1) is 5.41 Å². The van der Waals surface area contributed by atoms with Crippen LogP contribution in [0.3, 0.4) is 0 Å². The molecule has 1 aromatic carbocycles. The Morgan fingerprint density at radius 1 is 1.33 bits per heavy atom. The number of benzene rings is 1. The summed E-state index contributed by atoms with van der Waals surface area (Å²) < 4.78 is 32.5. The highest BCUT2D eigenvalue weighted by Crippen LogP contribution is 2.31. The van der Waals surface area contributed by atoms with Crippen molar-refractivity contribution in [3.63, 3.8) is 0 Å². The molecule has 0 unspecified atom stereocenters. The molecule has 5 nitrogen and oxygen atoms in total. The second-order valence-corrected chi connectivity index (χ2v) is 9.21. The Bertz CT molecular complexity index is 629. The molecule has 136 valence electrons. The van der Waals surface area contributed by atoms with Crippen molar-refractivity contribution in [1.82, 2.24) is 9.62 Å². The summed E-state index contributed by atoms with van der Waals surface area (Å²) in [6.45, 7) is 7.72. The van der Waals surface area contributed by atoms with E-state index in [1.807, 2.05) is 12.1 Å². The molecule has 1 fully saturated rings. The molecule has 0 aliphatic carbocycles. The summed E-state index contributed by atoms with van der Waals surface area (Å²) >= 11 is 0. The number of hydrogen-bond acceptors (Lipinski definition) is 4. The number of nitrogens with one attached hydrogen (secondary N) is 1. The minimum atomic E-state index is -3.41. The maximum atomic E-state index is 12.9. The SMILES string of the molecule is COCCCNCc1cccc(S(=O)(=O)N2CCCC(C)(C)C2)c1. The quantitative estimate of drug-likeness (QED) is 0.729. The van der Waals surface area contributed by atoms with E-state index in [1.165, 1.54) is 0 Å². The highest BCUT2D eigenvalue weighted by atomic mass is 32.2. The van der Waals surface area contributed by atoms with E-state index in [0.717, 1.165) is 38.0 Å². The first kappa shape index (κ1) is 19.4. The van der Waals surface area contributed by atoms with Gasteiger partial charge in [0, 0.05) is 33.4 Å². The van der Waals surface area contributed by atoms with Gasteiger partial charge in [-0.1, -0.05) is 26.0 Å². The van der Waals surface area contributed by atoms with Gasteiger partial charge in [-0.3, -0.25) is 0 Å². The number of ether oxygens (including phenoxy) is 1. The standard InChI is InChI=1S/C18H30N2O3S/c1-18(2)9-5-11-20(15-18)24(21,22)17-8-4-7-16(13-17)14-19-10-6-12-23-3/h4,7-8,13,19H,5-6,9-12,14-15H2,1-3H3. The first-order chi connectivity index (χ1) is 11.3.